The van der Waals surface area contributed by atoms with E-state index in [4.69, 9.17) is 9.47 Å². The molecular weight excluding hydrogens is 394 g/mol. The van der Waals surface area contributed by atoms with Gasteiger partial charge >= 0.3 is 5.97 Å². The number of rotatable bonds is 5. The van der Waals surface area contributed by atoms with Gasteiger partial charge in [-0.2, -0.15) is 0 Å². The lowest BCUT2D eigenvalue weighted by molar-refractivity contribution is -0.136. The molecule has 0 spiro atoms. The van der Waals surface area contributed by atoms with E-state index in [-0.39, 0.29) is 30.3 Å². The van der Waals surface area contributed by atoms with Crippen molar-refractivity contribution in [3.8, 4) is 11.5 Å². The van der Waals surface area contributed by atoms with Gasteiger partial charge in [0.15, 0.2) is 6.61 Å². The third-order valence-corrected chi connectivity index (χ3v) is 7.09. The standard InChI is InChI=1S/C25H25NO5/c1-14-3-8-20(11-15(14)2)30-13-21(27)31-19-9-6-18(7-10-19)26-24(28)22-16-4-5-17(12-16)23(22)25(26)29/h3,6-11,16-17,22-23H,4-5,12-13H2,1-2H3/t16-,17+,22+,23-. The highest BCUT2D eigenvalue weighted by Crippen LogP contribution is 2.56. The molecule has 2 aromatic rings. The van der Waals surface area contributed by atoms with Crippen molar-refractivity contribution in [1.82, 2.24) is 0 Å². The van der Waals surface area contributed by atoms with E-state index in [0.717, 1.165) is 30.4 Å². The fraction of sp³-hybridized carbons (Fsp3) is 0.400. The molecule has 6 heteroatoms. The van der Waals surface area contributed by atoms with Crippen molar-refractivity contribution >= 4 is 23.5 Å². The Morgan fingerprint density at radius 3 is 2.13 bits per heavy atom. The van der Waals surface area contributed by atoms with Gasteiger partial charge in [0.2, 0.25) is 11.8 Å². The number of hydrogen-bond donors (Lipinski definition) is 0. The zero-order valence-corrected chi connectivity index (χ0v) is 17.7. The van der Waals surface area contributed by atoms with Gasteiger partial charge < -0.3 is 9.47 Å². The van der Waals surface area contributed by atoms with Crippen molar-refractivity contribution in [2.45, 2.75) is 33.1 Å². The number of imide groups is 1. The van der Waals surface area contributed by atoms with Crippen molar-refractivity contribution < 1.29 is 23.9 Å². The Hall–Kier alpha value is -3.15. The van der Waals surface area contributed by atoms with E-state index in [0.29, 0.717) is 29.0 Å². The number of nitrogens with zero attached hydrogens (tertiary/aromatic N) is 1. The third kappa shape index (κ3) is 3.40. The number of esters is 1. The summed E-state index contributed by atoms with van der Waals surface area (Å²) >= 11 is 0. The molecule has 3 fully saturated rings. The summed E-state index contributed by atoms with van der Waals surface area (Å²) in [6.07, 6.45) is 3.12. The first-order valence-electron chi connectivity index (χ1n) is 10.8. The molecule has 5 rings (SSSR count). The van der Waals surface area contributed by atoms with E-state index in [9.17, 15) is 14.4 Å². The molecule has 2 amide bonds. The zero-order valence-electron chi connectivity index (χ0n) is 17.7. The first kappa shape index (κ1) is 19.8. The fourth-order valence-corrected chi connectivity index (χ4v) is 5.43. The summed E-state index contributed by atoms with van der Waals surface area (Å²) in [4.78, 5) is 39.3. The largest absolute Gasteiger partial charge is 0.482 e. The molecular formula is C25H25NO5. The number of aryl methyl sites for hydroxylation is 2. The van der Waals surface area contributed by atoms with Gasteiger partial charge in [-0.1, -0.05) is 6.07 Å². The highest BCUT2D eigenvalue weighted by molar-refractivity contribution is 6.22. The number of fused-ring (bicyclic) bond motifs is 5. The molecule has 0 N–H and O–H groups in total. The number of benzene rings is 2. The highest BCUT2D eigenvalue weighted by atomic mass is 16.6. The van der Waals surface area contributed by atoms with Crippen LogP contribution in [0.5, 0.6) is 11.5 Å². The summed E-state index contributed by atoms with van der Waals surface area (Å²) in [6, 6.07) is 12.2. The maximum atomic E-state index is 12.9. The van der Waals surface area contributed by atoms with Crippen molar-refractivity contribution in [3.05, 3.63) is 53.6 Å². The lowest BCUT2D eigenvalue weighted by Gasteiger charge is -2.19. The molecule has 2 bridgehead atoms. The number of ether oxygens (including phenoxy) is 2. The molecule has 4 atom stereocenters. The van der Waals surface area contributed by atoms with Crippen LogP contribution < -0.4 is 14.4 Å². The first-order valence-corrected chi connectivity index (χ1v) is 10.8. The number of carbonyl (C=O) groups is 3. The molecule has 0 unspecified atom stereocenters. The first-order chi connectivity index (χ1) is 14.9. The zero-order chi connectivity index (χ0) is 21.7. The Labute approximate surface area is 181 Å². The summed E-state index contributed by atoms with van der Waals surface area (Å²) in [5.41, 5.74) is 2.78. The summed E-state index contributed by atoms with van der Waals surface area (Å²) < 4.78 is 10.8. The van der Waals surface area contributed by atoms with Crippen LogP contribution in [0.15, 0.2) is 42.5 Å². The molecule has 31 heavy (non-hydrogen) atoms. The maximum absolute atomic E-state index is 12.9. The van der Waals surface area contributed by atoms with E-state index in [2.05, 4.69) is 0 Å². The second-order valence-electron chi connectivity index (χ2n) is 8.90. The van der Waals surface area contributed by atoms with Gasteiger partial charge in [0.05, 0.1) is 17.5 Å². The molecule has 2 aromatic carbocycles. The molecule has 160 valence electrons. The molecule has 6 nitrogen and oxygen atoms in total. The third-order valence-electron chi connectivity index (χ3n) is 7.09. The number of hydrogen-bond acceptors (Lipinski definition) is 5. The van der Waals surface area contributed by atoms with Crippen LogP contribution in [0.2, 0.25) is 0 Å². The predicted octanol–water partition coefficient (Wildman–Crippen LogP) is 3.82. The van der Waals surface area contributed by atoms with Gasteiger partial charge in [0.1, 0.15) is 11.5 Å². The van der Waals surface area contributed by atoms with Gasteiger partial charge in [0.25, 0.3) is 0 Å². The normalized spacial score (nSPS) is 26.3. The van der Waals surface area contributed by atoms with Crippen molar-refractivity contribution in [3.63, 3.8) is 0 Å². The SMILES string of the molecule is Cc1ccc(OCC(=O)Oc2ccc(N3C(=O)[C@@H]4[C@H]5CC[C@H](C5)[C@@H]4C3=O)cc2)cc1C. The molecule has 2 saturated carbocycles. The van der Waals surface area contributed by atoms with Crippen LogP contribution in [0.4, 0.5) is 5.69 Å². The van der Waals surface area contributed by atoms with Gasteiger partial charge in [-0.25, -0.2) is 4.79 Å². The predicted molar refractivity (Wildman–Crippen MR) is 114 cm³/mol. The van der Waals surface area contributed by atoms with Crippen molar-refractivity contribution in [2.24, 2.45) is 23.7 Å². The van der Waals surface area contributed by atoms with Crippen molar-refractivity contribution in [1.29, 1.82) is 0 Å². The van der Waals surface area contributed by atoms with E-state index < -0.39 is 5.97 Å². The maximum Gasteiger partial charge on any atom is 0.349 e. The molecule has 0 aromatic heterocycles. The minimum Gasteiger partial charge on any atom is -0.482 e. The quantitative estimate of drug-likeness (QED) is 0.418. The van der Waals surface area contributed by atoms with E-state index in [1.165, 1.54) is 4.90 Å². The van der Waals surface area contributed by atoms with Crippen LogP contribution in [0.25, 0.3) is 0 Å². The average Bonchev–Trinajstić information content (AvgIpc) is 3.44. The summed E-state index contributed by atoms with van der Waals surface area (Å²) in [7, 11) is 0. The van der Waals surface area contributed by atoms with Crippen molar-refractivity contribution in [2.75, 3.05) is 11.5 Å². The van der Waals surface area contributed by atoms with Gasteiger partial charge in [-0.05, 0) is 92.5 Å². The highest BCUT2D eigenvalue weighted by Gasteiger charge is 2.61. The van der Waals surface area contributed by atoms with Crippen LogP contribution >= 0.6 is 0 Å². The van der Waals surface area contributed by atoms with E-state index >= 15 is 0 Å². The Kier molecular flexibility index (Phi) is 4.80. The minimum atomic E-state index is -0.523. The van der Waals surface area contributed by atoms with Gasteiger partial charge in [-0.15, -0.1) is 0 Å². The second kappa shape index (κ2) is 7.52. The monoisotopic (exact) mass is 419 g/mol. The molecule has 1 saturated heterocycles. The molecule has 1 aliphatic heterocycles. The summed E-state index contributed by atoms with van der Waals surface area (Å²) in [5, 5.41) is 0. The van der Waals surface area contributed by atoms with Gasteiger partial charge in [-0.3, -0.25) is 14.5 Å². The van der Waals surface area contributed by atoms with Crippen LogP contribution in [0, 0.1) is 37.5 Å². The minimum absolute atomic E-state index is 0.0752. The Morgan fingerprint density at radius 2 is 1.52 bits per heavy atom. The smallest absolute Gasteiger partial charge is 0.349 e. The topological polar surface area (TPSA) is 72.9 Å². The molecule has 3 aliphatic rings. The molecule has 2 aliphatic carbocycles. The van der Waals surface area contributed by atoms with Crippen LogP contribution in [-0.2, 0) is 14.4 Å². The van der Waals surface area contributed by atoms with E-state index in [1.807, 2.05) is 32.0 Å². The number of anilines is 1. The Bertz CT molecular complexity index is 1030. The fourth-order valence-electron chi connectivity index (χ4n) is 5.43. The Balaban J connectivity index is 1.21. The molecule has 1 heterocycles. The lowest BCUT2D eigenvalue weighted by atomic mass is 9.81. The van der Waals surface area contributed by atoms with E-state index in [1.54, 1.807) is 24.3 Å². The average molecular weight is 419 g/mol. The summed E-state index contributed by atoms with van der Waals surface area (Å²) in [6.45, 7) is 3.78. The van der Waals surface area contributed by atoms with Crippen LogP contribution in [0.3, 0.4) is 0 Å². The number of carbonyl (C=O) groups excluding carboxylic acids is 3. The Morgan fingerprint density at radius 1 is 0.903 bits per heavy atom. The lowest BCUT2D eigenvalue weighted by Crippen LogP contribution is -2.32. The summed E-state index contributed by atoms with van der Waals surface area (Å²) in [5.74, 6) is 0.700. The van der Waals surface area contributed by atoms with Crippen LogP contribution in [-0.4, -0.2) is 24.4 Å². The van der Waals surface area contributed by atoms with Gasteiger partial charge in [0, 0.05) is 0 Å². The van der Waals surface area contributed by atoms with Crippen LogP contribution in [0.1, 0.15) is 30.4 Å². The number of amides is 2. The second-order valence-corrected chi connectivity index (χ2v) is 8.90. The molecule has 0 radical (unpaired) electrons.